The summed E-state index contributed by atoms with van der Waals surface area (Å²) in [5.41, 5.74) is 4.25. The number of halogens is 1. The molecule has 32 heavy (non-hydrogen) atoms. The number of amides is 1. The lowest BCUT2D eigenvalue weighted by molar-refractivity contribution is 0.0163. The molecule has 0 spiro atoms. The molecule has 166 valence electrons. The van der Waals surface area contributed by atoms with Gasteiger partial charge in [0.15, 0.2) is 0 Å². The van der Waals surface area contributed by atoms with E-state index in [0.29, 0.717) is 0 Å². The summed E-state index contributed by atoms with van der Waals surface area (Å²) in [6.07, 6.45) is -3.78. The molecule has 6 nitrogen and oxygen atoms in total. The van der Waals surface area contributed by atoms with E-state index in [2.05, 4.69) is 5.32 Å². The molecule has 0 saturated carbocycles. The van der Waals surface area contributed by atoms with Crippen molar-refractivity contribution in [1.82, 2.24) is 5.32 Å². The van der Waals surface area contributed by atoms with Crippen molar-refractivity contribution in [2.45, 2.75) is 24.7 Å². The first-order valence-electron chi connectivity index (χ1n) is 10.3. The lowest BCUT2D eigenvalue weighted by atomic mass is 9.98. The summed E-state index contributed by atoms with van der Waals surface area (Å²) in [4.78, 5) is 12.2. The number of carbonyl (C=O) groups is 1. The molecule has 3 aromatic rings. The zero-order chi connectivity index (χ0) is 22.7. The molecule has 2 unspecified atom stereocenters. The van der Waals surface area contributed by atoms with E-state index in [1.807, 2.05) is 48.5 Å². The highest BCUT2D eigenvalue weighted by molar-refractivity contribution is 5.79. The summed E-state index contributed by atoms with van der Waals surface area (Å²) >= 11 is 0. The highest BCUT2D eigenvalue weighted by Crippen LogP contribution is 2.44. The predicted octanol–water partition coefficient (Wildman–Crippen LogP) is 3.25. The van der Waals surface area contributed by atoms with E-state index in [4.69, 9.17) is 9.84 Å². The van der Waals surface area contributed by atoms with Crippen LogP contribution >= 0.6 is 0 Å². The van der Waals surface area contributed by atoms with E-state index in [1.54, 1.807) is 0 Å². The van der Waals surface area contributed by atoms with E-state index >= 15 is 0 Å². The highest BCUT2D eigenvalue weighted by Gasteiger charge is 2.29. The van der Waals surface area contributed by atoms with Crippen LogP contribution in [0.3, 0.4) is 0 Å². The second-order valence-electron chi connectivity index (χ2n) is 7.70. The Morgan fingerprint density at radius 2 is 1.59 bits per heavy atom. The van der Waals surface area contributed by atoms with Crippen molar-refractivity contribution in [3.8, 4) is 11.1 Å². The highest BCUT2D eigenvalue weighted by atomic mass is 19.1. The number of hydrogen-bond donors (Lipinski definition) is 4. The molecule has 3 aromatic carbocycles. The summed E-state index contributed by atoms with van der Waals surface area (Å²) in [5, 5.41) is 32.0. The molecule has 2 atom stereocenters. The van der Waals surface area contributed by atoms with Crippen LogP contribution in [0.5, 0.6) is 0 Å². The van der Waals surface area contributed by atoms with Crippen molar-refractivity contribution in [2.24, 2.45) is 0 Å². The Morgan fingerprint density at radius 1 is 0.969 bits per heavy atom. The topological polar surface area (TPSA) is 99.0 Å². The Balaban J connectivity index is 1.35. The van der Waals surface area contributed by atoms with E-state index in [0.717, 1.165) is 22.3 Å². The number of benzene rings is 3. The van der Waals surface area contributed by atoms with Crippen molar-refractivity contribution >= 4 is 6.09 Å². The van der Waals surface area contributed by atoms with Crippen LogP contribution in [0, 0.1) is 5.82 Å². The average molecular weight is 437 g/mol. The Hall–Kier alpha value is -3.26. The van der Waals surface area contributed by atoms with Gasteiger partial charge in [-0.05, 0) is 22.3 Å². The van der Waals surface area contributed by atoms with Crippen LogP contribution in [0.1, 0.15) is 34.3 Å². The van der Waals surface area contributed by atoms with Crippen molar-refractivity contribution < 1.29 is 29.2 Å². The number of aliphatic hydroxyl groups is 3. The number of aliphatic hydroxyl groups excluding tert-OH is 3. The number of fused-ring (bicyclic) bond motifs is 3. The maximum atomic E-state index is 14.3. The average Bonchev–Trinajstić information content (AvgIpc) is 3.14. The minimum Gasteiger partial charge on any atom is -0.449 e. The predicted molar refractivity (Wildman–Crippen MR) is 116 cm³/mol. The molecule has 0 saturated heterocycles. The molecule has 0 aliphatic heterocycles. The van der Waals surface area contributed by atoms with Crippen molar-refractivity contribution in [3.05, 3.63) is 94.8 Å². The first-order chi connectivity index (χ1) is 15.5. The van der Waals surface area contributed by atoms with Crippen LogP contribution in [-0.2, 0) is 11.3 Å². The molecule has 4 rings (SSSR count). The Morgan fingerprint density at radius 3 is 2.22 bits per heavy atom. The molecule has 1 aliphatic rings. The third-order valence-corrected chi connectivity index (χ3v) is 5.76. The van der Waals surface area contributed by atoms with Crippen LogP contribution in [0.4, 0.5) is 9.18 Å². The molecule has 1 amide bonds. The third kappa shape index (κ3) is 4.23. The molecule has 0 fully saturated rings. The fourth-order valence-corrected chi connectivity index (χ4v) is 4.11. The largest absolute Gasteiger partial charge is 0.449 e. The Labute approximate surface area is 184 Å². The van der Waals surface area contributed by atoms with Crippen LogP contribution in [0.25, 0.3) is 11.1 Å². The third-order valence-electron chi connectivity index (χ3n) is 5.76. The molecular formula is C25H24FNO5. The van der Waals surface area contributed by atoms with E-state index in [9.17, 15) is 19.4 Å². The monoisotopic (exact) mass is 437 g/mol. The van der Waals surface area contributed by atoms with Gasteiger partial charge in [-0.2, -0.15) is 0 Å². The Bertz CT molecular complexity index is 1070. The lowest BCUT2D eigenvalue weighted by Gasteiger charge is -2.20. The van der Waals surface area contributed by atoms with E-state index in [1.165, 1.54) is 18.2 Å². The SMILES string of the molecule is O=C(NCC(O)C(O)c1cccc(CO)c1F)OCC1c2ccccc2-c2ccccc21. The Kier molecular flexibility index (Phi) is 6.50. The lowest BCUT2D eigenvalue weighted by Crippen LogP contribution is -2.36. The normalized spacial score (nSPS) is 14.4. The smallest absolute Gasteiger partial charge is 0.407 e. The summed E-state index contributed by atoms with van der Waals surface area (Å²) in [5.74, 6) is -0.887. The van der Waals surface area contributed by atoms with Gasteiger partial charge in [-0.3, -0.25) is 0 Å². The zero-order valence-electron chi connectivity index (χ0n) is 17.2. The van der Waals surface area contributed by atoms with Gasteiger partial charge in [0.1, 0.15) is 24.6 Å². The first-order valence-corrected chi connectivity index (χ1v) is 10.3. The van der Waals surface area contributed by atoms with Crippen LogP contribution in [0.15, 0.2) is 66.7 Å². The molecule has 0 radical (unpaired) electrons. The van der Waals surface area contributed by atoms with Gasteiger partial charge in [-0.25, -0.2) is 9.18 Å². The van der Waals surface area contributed by atoms with Gasteiger partial charge in [0.25, 0.3) is 0 Å². The van der Waals surface area contributed by atoms with Crippen molar-refractivity contribution in [3.63, 3.8) is 0 Å². The van der Waals surface area contributed by atoms with Gasteiger partial charge in [0.2, 0.25) is 0 Å². The number of alkyl carbamates (subject to hydrolysis) is 1. The van der Waals surface area contributed by atoms with Gasteiger partial charge in [0, 0.05) is 23.6 Å². The second kappa shape index (κ2) is 9.48. The number of rotatable bonds is 7. The number of ether oxygens (including phenoxy) is 1. The molecule has 0 bridgehead atoms. The molecule has 4 N–H and O–H groups in total. The molecule has 0 heterocycles. The van der Waals surface area contributed by atoms with Crippen LogP contribution in [0.2, 0.25) is 0 Å². The maximum absolute atomic E-state index is 14.3. The first kappa shape index (κ1) is 22.0. The quantitative estimate of drug-likeness (QED) is 0.455. The van der Waals surface area contributed by atoms with Gasteiger partial charge < -0.3 is 25.4 Å². The maximum Gasteiger partial charge on any atom is 0.407 e. The van der Waals surface area contributed by atoms with Gasteiger partial charge in [-0.15, -0.1) is 0 Å². The number of carbonyl (C=O) groups excluding carboxylic acids is 1. The fourth-order valence-electron chi connectivity index (χ4n) is 4.11. The molecule has 7 heteroatoms. The fraction of sp³-hybridized carbons (Fsp3) is 0.240. The van der Waals surface area contributed by atoms with Gasteiger partial charge in [0.05, 0.1) is 6.61 Å². The molecular weight excluding hydrogens is 413 g/mol. The minimum absolute atomic E-state index is 0.0123. The number of hydrogen-bond acceptors (Lipinski definition) is 5. The zero-order valence-corrected chi connectivity index (χ0v) is 17.2. The minimum atomic E-state index is -1.57. The van der Waals surface area contributed by atoms with E-state index < -0.39 is 30.7 Å². The molecule has 0 aromatic heterocycles. The van der Waals surface area contributed by atoms with Crippen molar-refractivity contribution in [2.75, 3.05) is 13.2 Å². The van der Waals surface area contributed by atoms with Crippen molar-refractivity contribution in [1.29, 1.82) is 0 Å². The second-order valence-corrected chi connectivity index (χ2v) is 7.70. The van der Waals surface area contributed by atoms with E-state index in [-0.39, 0.29) is 30.2 Å². The van der Waals surface area contributed by atoms with Gasteiger partial charge >= 0.3 is 6.09 Å². The van der Waals surface area contributed by atoms with Crippen LogP contribution in [-0.4, -0.2) is 40.7 Å². The summed E-state index contributed by atoms with van der Waals surface area (Å²) < 4.78 is 19.7. The molecule has 1 aliphatic carbocycles. The summed E-state index contributed by atoms with van der Waals surface area (Å²) in [7, 11) is 0. The van der Waals surface area contributed by atoms with Gasteiger partial charge in [-0.1, -0.05) is 66.7 Å². The summed E-state index contributed by atoms with van der Waals surface area (Å²) in [6.45, 7) is -0.743. The van der Waals surface area contributed by atoms with Crippen LogP contribution < -0.4 is 5.32 Å². The number of nitrogens with one attached hydrogen (secondary N) is 1. The standard InChI is InChI=1S/C25H24FNO5/c26-23-15(13-28)6-5-11-20(23)24(30)22(29)12-27-25(31)32-14-21-18-9-3-1-7-16(18)17-8-2-4-10-19(17)21/h1-11,21-22,24,28-30H,12-14H2,(H,27,31). The summed E-state index contributed by atoms with van der Waals surface area (Å²) in [6, 6.07) is 20.1.